The quantitative estimate of drug-likeness (QED) is 0.818. The Morgan fingerprint density at radius 3 is 2.53 bits per heavy atom. The van der Waals surface area contributed by atoms with Gasteiger partial charge in [0.25, 0.3) is 0 Å². The Morgan fingerprint density at radius 1 is 1.41 bits per heavy atom. The van der Waals surface area contributed by atoms with Gasteiger partial charge in [-0.2, -0.15) is 0 Å². The largest absolute Gasteiger partial charge is 0.481 e. The number of carbonyl (C=O) groups is 1. The Kier molecular flexibility index (Phi) is 4.63. The second-order valence-electron chi connectivity index (χ2n) is 4.91. The molecule has 4 nitrogen and oxygen atoms in total. The molecule has 4 heteroatoms. The van der Waals surface area contributed by atoms with Gasteiger partial charge >= 0.3 is 5.97 Å². The molecule has 0 aliphatic rings. The highest BCUT2D eigenvalue weighted by Gasteiger charge is 2.26. The van der Waals surface area contributed by atoms with Crippen LogP contribution in [0.5, 0.6) is 0 Å². The Bertz CT molecular complexity index is 363. The number of pyridine rings is 1. The summed E-state index contributed by atoms with van der Waals surface area (Å²) in [6, 6.07) is 3.97. The van der Waals surface area contributed by atoms with Crippen molar-refractivity contribution in [3.63, 3.8) is 0 Å². The molecule has 1 rings (SSSR count). The monoisotopic (exact) mass is 236 g/mol. The van der Waals surface area contributed by atoms with Gasteiger partial charge in [-0.15, -0.1) is 0 Å². The number of hydrogen-bond donors (Lipinski definition) is 1. The van der Waals surface area contributed by atoms with Crippen LogP contribution < -0.4 is 0 Å². The van der Waals surface area contributed by atoms with E-state index >= 15 is 0 Å². The Hall–Kier alpha value is -1.42. The molecule has 94 valence electrons. The van der Waals surface area contributed by atoms with Gasteiger partial charge in [-0.25, -0.2) is 0 Å². The first-order valence-electron chi connectivity index (χ1n) is 5.74. The minimum Gasteiger partial charge on any atom is -0.481 e. The summed E-state index contributed by atoms with van der Waals surface area (Å²) in [5, 5.41) is 8.85. The predicted molar refractivity (Wildman–Crippen MR) is 66.9 cm³/mol. The van der Waals surface area contributed by atoms with Gasteiger partial charge in [0.2, 0.25) is 0 Å². The maximum atomic E-state index is 10.8. The van der Waals surface area contributed by atoms with Gasteiger partial charge in [-0.1, -0.05) is 0 Å². The zero-order chi connectivity index (χ0) is 12.9. The van der Waals surface area contributed by atoms with Gasteiger partial charge in [-0.3, -0.25) is 9.78 Å². The molecule has 1 aromatic heterocycles. The normalized spacial score (nSPS) is 11.8. The summed E-state index contributed by atoms with van der Waals surface area (Å²) in [5.41, 5.74) is 0.900. The summed E-state index contributed by atoms with van der Waals surface area (Å²) in [7, 11) is 1.96. The number of aliphatic carboxylic acids is 1. The van der Waals surface area contributed by atoms with E-state index in [1.54, 1.807) is 12.4 Å². The zero-order valence-electron chi connectivity index (χ0n) is 10.7. The van der Waals surface area contributed by atoms with E-state index in [9.17, 15) is 4.79 Å². The summed E-state index contributed by atoms with van der Waals surface area (Å²) in [6.07, 6.45) is 4.61. The molecule has 0 atom stereocenters. The SMILES string of the molecule is CN(CCc1ccncc1)C(C)(C)CC(=O)O. The highest BCUT2D eigenvalue weighted by molar-refractivity contribution is 5.68. The number of rotatable bonds is 6. The first kappa shape index (κ1) is 13.6. The summed E-state index contributed by atoms with van der Waals surface area (Å²) >= 11 is 0. The third-order valence-corrected chi connectivity index (χ3v) is 3.10. The van der Waals surface area contributed by atoms with Gasteiger partial charge in [0.15, 0.2) is 0 Å². The van der Waals surface area contributed by atoms with Crippen LogP contribution in [-0.4, -0.2) is 40.1 Å². The molecule has 1 N–H and O–H groups in total. The molecule has 0 spiro atoms. The Morgan fingerprint density at radius 2 is 2.00 bits per heavy atom. The molecule has 1 aromatic rings. The van der Waals surface area contributed by atoms with Crippen LogP contribution in [0.4, 0.5) is 0 Å². The van der Waals surface area contributed by atoms with Crippen molar-refractivity contribution in [3.05, 3.63) is 30.1 Å². The molecule has 0 aliphatic heterocycles. The van der Waals surface area contributed by atoms with E-state index in [-0.39, 0.29) is 12.0 Å². The van der Waals surface area contributed by atoms with Crippen LogP contribution in [0.2, 0.25) is 0 Å². The third kappa shape index (κ3) is 4.53. The first-order chi connectivity index (χ1) is 7.92. The van der Waals surface area contributed by atoms with Gasteiger partial charge in [0.05, 0.1) is 6.42 Å². The molecule has 0 bridgehead atoms. The lowest BCUT2D eigenvalue weighted by Gasteiger charge is -2.34. The first-order valence-corrected chi connectivity index (χ1v) is 5.74. The average Bonchev–Trinajstić information content (AvgIpc) is 2.25. The van der Waals surface area contributed by atoms with E-state index in [4.69, 9.17) is 5.11 Å². The lowest BCUT2D eigenvalue weighted by atomic mass is 9.98. The van der Waals surface area contributed by atoms with Crippen molar-refractivity contribution in [1.29, 1.82) is 0 Å². The van der Waals surface area contributed by atoms with Crippen LogP contribution in [0.15, 0.2) is 24.5 Å². The van der Waals surface area contributed by atoms with Crippen LogP contribution in [0, 0.1) is 0 Å². The highest BCUT2D eigenvalue weighted by Crippen LogP contribution is 2.17. The number of nitrogens with zero attached hydrogens (tertiary/aromatic N) is 2. The fourth-order valence-electron chi connectivity index (χ4n) is 1.65. The van der Waals surface area contributed by atoms with Crippen LogP contribution in [0.25, 0.3) is 0 Å². The molecule has 0 unspecified atom stereocenters. The molecular weight excluding hydrogens is 216 g/mol. The lowest BCUT2D eigenvalue weighted by Crippen LogP contribution is -2.43. The maximum Gasteiger partial charge on any atom is 0.305 e. The smallest absolute Gasteiger partial charge is 0.305 e. The van der Waals surface area contributed by atoms with Gasteiger partial charge in [-0.05, 0) is 45.0 Å². The Labute approximate surface area is 102 Å². The molecule has 0 aromatic carbocycles. The summed E-state index contributed by atoms with van der Waals surface area (Å²) in [4.78, 5) is 16.8. The van der Waals surface area contributed by atoms with Crippen LogP contribution in [0.1, 0.15) is 25.8 Å². The van der Waals surface area contributed by atoms with Gasteiger partial charge < -0.3 is 10.0 Å². The molecule has 0 fully saturated rings. The van der Waals surface area contributed by atoms with Crippen molar-refractivity contribution in [2.75, 3.05) is 13.6 Å². The van der Waals surface area contributed by atoms with E-state index in [1.807, 2.05) is 33.0 Å². The molecule has 0 saturated heterocycles. The minimum atomic E-state index is -0.759. The molecule has 0 radical (unpaired) electrons. The van der Waals surface area contributed by atoms with Crippen molar-refractivity contribution >= 4 is 5.97 Å². The van der Waals surface area contributed by atoms with Gasteiger partial charge in [0.1, 0.15) is 0 Å². The van der Waals surface area contributed by atoms with E-state index in [1.165, 1.54) is 5.56 Å². The lowest BCUT2D eigenvalue weighted by molar-refractivity contribution is -0.139. The molecule has 0 amide bonds. The number of aromatic nitrogens is 1. The summed E-state index contributed by atoms with van der Waals surface area (Å²) < 4.78 is 0. The second kappa shape index (κ2) is 5.77. The minimum absolute atomic E-state index is 0.153. The maximum absolute atomic E-state index is 10.8. The molecule has 0 aliphatic carbocycles. The van der Waals surface area contributed by atoms with Crippen molar-refractivity contribution in [3.8, 4) is 0 Å². The molecule has 17 heavy (non-hydrogen) atoms. The zero-order valence-corrected chi connectivity index (χ0v) is 10.7. The van der Waals surface area contributed by atoms with E-state index in [0.717, 1.165) is 13.0 Å². The molecular formula is C13H20N2O2. The Balaban J connectivity index is 2.49. The summed E-state index contributed by atoms with van der Waals surface area (Å²) in [6.45, 7) is 4.74. The van der Waals surface area contributed by atoms with Crippen molar-refractivity contribution < 1.29 is 9.90 Å². The van der Waals surface area contributed by atoms with Gasteiger partial charge in [0, 0.05) is 24.5 Å². The average molecular weight is 236 g/mol. The molecule has 0 saturated carbocycles. The fourth-order valence-corrected chi connectivity index (χ4v) is 1.65. The van der Waals surface area contributed by atoms with E-state index in [2.05, 4.69) is 9.88 Å². The number of carboxylic acids is 1. The van der Waals surface area contributed by atoms with E-state index < -0.39 is 5.97 Å². The van der Waals surface area contributed by atoms with Crippen molar-refractivity contribution in [2.45, 2.75) is 32.2 Å². The number of hydrogen-bond acceptors (Lipinski definition) is 3. The third-order valence-electron chi connectivity index (χ3n) is 3.10. The number of carboxylic acid groups (broad SMARTS) is 1. The van der Waals surface area contributed by atoms with E-state index in [0.29, 0.717) is 0 Å². The number of likely N-dealkylation sites (N-methyl/N-ethyl adjacent to an activating group) is 1. The highest BCUT2D eigenvalue weighted by atomic mass is 16.4. The van der Waals surface area contributed by atoms with Crippen LogP contribution in [-0.2, 0) is 11.2 Å². The van der Waals surface area contributed by atoms with Crippen LogP contribution in [0.3, 0.4) is 0 Å². The molecule has 1 heterocycles. The van der Waals surface area contributed by atoms with Crippen molar-refractivity contribution in [2.24, 2.45) is 0 Å². The topological polar surface area (TPSA) is 53.4 Å². The fraction of sp³-hybridized carbons (Fsp3) is 0.538. The second-order valence-corrected chi connectivity index (χ2v) is 4.91. The van der Waals surface area contributed by atoms with Crippen molar-refractivity contribution in [1.82, 2.24) is 9.88 Å². The summed E-state index contributed by atoms with van der Waals surface area (Å²) in [5.74, 6) is -0.759. The van der Waals surface area contributed by atoms with Crippen LogP contribution >= 0.6 is 0 Å². The standard InChI is InChI=1S/C13H20N2O2/c1-13(2,10-12(16)17)15(3)9-6-11-4-7-14-8-5-11/h4-5,7-8H,6,9-10H2,1-3H3,(H,16,17). The predicted octanol–water partition coefficient (Wildman–Crippen LogP) is 1.81.